The molecule has 2 rings (SSSR count). The van der Waals surface area contributed by atoms with E-state index < -0.39 is 0 Å². The van der Waals surface area contributed by atoms with Gasteiger partial charge in [0.1, 0.15) is 17.4 Å². The molecule has 0 bridgehead atoms. The van der Waals surface area contributed by atoms with Gasteiger partial charge in [-0.25, -0.2) is 0 Å². The maximum Gasteiger partial charge on any atom is 0.125 e. The highest BCUT2D eigenvalue weighted by Gasteiger charge is 2.41. The molecule has 0 aromatic carbocycles. The van der Waals surface area contributed by atoms with Crippen molar-refractivity contribution in [1.29, 1.82) is 5.26 Å². The molecule has 1 aromatic heterocycles. The Hall–Kier alpha value is -0.750. The van der Waals surface area contributed by atoms with Crippen molar-refractivity contribution in [3.05, 3.63) is 22.6 Å². The van der Waals surface area contributed by atoms with Gasteiger partial charge in [0.15, 0.2) is 0 Å². The first kappa shape index (κ1) is 7.88. The van der Waals surface area contributed by atoms with Crippen LogP contribution >= 0.6 is 15.9 Å². The maximum atomic E-state index is 8.97. The summed E-state index contributed by atoms with van der Waals surface area (Å²) >= 11 is 3.30. The van der Waals surface area contributed by atoms with Gasteiger partial charge < -0.3 is 4.42 Å². The smallest absolute Gasteiger partial charge is 0.125 e. The molecule has 0 radical (unpaired) electrons. The number of nitriles is 1. The zero-order valence-corrected chi connectivity index (χ0v) is 8.10. The van der Waals surface area contributed by atoms with Crippen LogP contribution in [0.5, 0.6) is 0 Å². The largest absolute Gasteiger partial charge is 0.466 e. The molecule has 1 saturated carbocycles. The Kier molecular flexibility index (Phi) is 1.73. The Labute approximate surface area is 79.3 Å². The van der Waals surface area contributed by atoms with Crippen LogP contribution in [0.4, 0.5) is 0 Å². The molecule has 1 heterocycles. The van der Waals surface area contributed by atoms with Gasteiger partial charge in [-0.3, -0.25) is 0 Å². The van der Waals surface area contributed by atoms with Crippen LogP contribution in [0.25, 0.3) is 0 Å². The van der Waals surface area contributed by atoms with Crippen molar-refractivity contribution in [3.8, 4) is 6.07 Å². The highest BCUT2D eigenvalue weighted by Crippen LogP contribution is 2.44. The minimum atomic E-state index is -0.313. The van der Waals surface area contributed by atoms with E-state index in [9.17, 15) is 0 Å². The Morgan fingerprint density at radius 3 is 2.67 bits per heavy atom. The quantitative estimate of drug-likeness (QED) is 0.737. The summed E-state index contributed by atoms with van der Waals surface area (Å²) in [5, 5.41) is 8.97. The van der Waals surface area contributed by atoms with Gasteiger partial charge in [0.25, 0.3) is 0 Å². The van der Waals surface area contributed by atoms with E-state index in [1.807, 2.05) is 6.07 Å². The predicted molar refractivity (Wildman–Crippen MR) is 47.6 cm³/mol. The molecule has 1 aliphatic carbocycles. The van der Waals surface area contributed by atoms with E-state index in [1.165, 1.54) is 0 Å². The molecule has 0 spiro atoms. The lowest BCUT2D eigenvalue weighted by Gasteiger charge is -2.32. The summed E-state index contributed by atoms with van der Waals surface area (Å²) in [5.74, 6) is 0.808. The third-order valence-electron chi connectivity index (χ3n) is 2.46. The van der Waals surface area contributed by atoms with Crippen LogP contribution in [-0.2, 0) is 5.41 Å². The third-order valence-corrected chi connectivity index (χ3v) is 2.88. The number of furan rings is 1. The van der Waals surface area contributed by atoms with Crippen LogP contribution < -0.4 is 0 Å². The zero-order chi connectivity index (χ0) is 8.60. The Morgan fingerprint density at radius 1 is 1.58 bits per heavy atom. The summed E-state index contributed by atoms with van der Waals surface area (Å²) in [6.45, 7) is 0. The molecule has 2 nitrogen and oxygen atoms in total. The van der Waals surface area contributed by atoms with E-state index in [-0.39, 0.29) is 5.41 Å². The standard InChI is InChI=1S/C9H8BrNO/c10-7-4-8(12-5-7)9(6-11)2-1-3-9/h4-5H,1-3H2. The second-order valence-electron chi connectivity index (χ2n) is 3.18. The van der Waals surface area contributed by atoms with Gasteiger partial charge in [-0.2, -0.15) is 5.26 Å². The van der Waals surface area contributed by atoms with Crippen LogP contribution in [0.1, 0.15) is 25.0 Å². The van der Waals surface area contributed by atoms with E-state index in [1.54, 1.807) is 6.26 Å². The fourth-order valence-electron chi connectivity index (χ4n) is 1.51. The maximum absolute atomic E-state index is 8.97. The Bertz CT molecular complexity index is 333. The fraction of sp³-hybridized carbons (Fsp3) is 0.444. The molecule has 0 atom stereocenters. The van der Waals surface area contributed by atoms with Crippen molar-refractivity contribution in [2.75, 3.05) is 0 Å². The van der Waals surface area contributed by atoms with E-state index in [4.69, 9.17) is 9.68 Å². The topological polar surface area (TPSA) is 36.9 Å². The van der Waals surface area contributed by atoms with Crippen molar-refractivity contribution in [3.63, 3.8) is 0 Å². The second kappa shape index (κ2) is 2.63. The average Bonchev–Trinajstić information content (AvgIpc) is 2.35. The van der Waals surface area contributed by atoms with E-state index in [2.05, 4.69) is 22.0 Å². The summed E-state index contributed by atoms with van der Waals surface area (Å²) in [7, 11) is 0. The monoisotopic (exact) mass is 225 g/mol. The number of hydrogen-bond donors (Lipinski definition) is 0. The van der Waals surface area contributed by atoms with Gasteiger partial charge in [0.05, 0.1) is 10.5 Å². The molecule has 0 saturated heterocycles. The molecule has 1 aromatic rings. The second-order valence-corrected chi connectivity index (χ2v) is 4.09. The summed E-state index contributed by atoms with van der Waals surface area (Å²) in [4.78, 5) is 0. The first-order valence-corrected chi connectivity index (χ1v) is 4.72. The molecule has 0 N–H and O–H groups in total. The predicted octanol–water partition coefficient (Wildman–Crippen LogP) is 2.99. The number of hydrogen-bond acceptors (Lipinski definition) is 2. The van der Waals surface area contributed by atoms with Gasteiger partial charge in [-0.1, -0.05) is 0 Å². The van der Waals surface area contributed by atoms with Crippen molar-refractivity contribution in [2.45, 2.75) is 24.7 Å². The van der Waals surface area contributed by atoms with Gasteiger partial charge in [-0.05, 0) is 41.3 Å². The van der Waals surface area contributed by atoms with Gasteiger partial charge in [-0.15, -0.1) is 0 Å². The molecule has 0 unspecified atom stereocenters. The number of nitrogens with zero attached hydrogens (tertiary/aromatic N) is 1. The molecule has 1 fully saturated rings. The Balaban J connectivity index is 2.35. The molecule has 3 heteroatoms. The normalized spacial score (nSPS) is 19.7. The first-order valence-electron chi connectivity index (χ1n) is 3.93. The fourth-order valence-corrected chi connectivity index (χ4v) is 1.81. The zero-order valence-electron chi connectivity index (χ0n) is 6.51. The molecule has 12 heavy (non-hydrogen) atoms. The van der Waals surface area contributed by atoms with Crippen molar-refractivity contribution in [2.24, 2.45) is 0 Å². The number of rotatable bonds is 1. The van der Waals surface area contributed by atoms with Gasteiger partial charge >= 0.3 is 0 Å². The molecule has 1 aliphatic rings. The van der Waals surface area contributed by atoms with Crippen molar-refractivity contribution < 1.29 is 4.42 Å². The Morgan fingerprint density at radius 2 is 2.33 bits per heavy atom. The molecular weight excluding hydrogens is 218 g/mol. The minimum Gasteiger partial charge on any atom is -0.466 e. The molecule has 62 valence electrons. The highest BCUT2D eigenvalue weighted by molar-refractivity contribution is 9.10. The van der Waals surface area contributed by atoms with E-state index >= 15 is 0 Å². The van der Waals surface area contributed by atoms with Crippen molar-refractivity contribution in [1.82, 2.24) is 0 Å². The third kappa shape index (κ3) is 0.987. The van der Waals surface area contributed by atoms with Crippen LogP contribution in [0.3, 0.4) is 0 Å². The lowest BCUT2D eigenvalue weighted by Crippen LogP contribution is -2.31. The first-order chi connectivity index (χ1) is 5.77. The van der Waals surface area contributed by atoms with Crippen LogP contribution in [-0.4, -0.2) is 0 Å². The van der Waals surface area contributed by atoms with Gasteiger partial charge in [0, 0.05) is 0 Å². The van der Waals surface area contributed by atoms with Crippen LogP contribution in [0, 0.1) is 11.3 Å². The van der Waals surface area contributed by atoms with E-state index in [0.717, 1.165) is 29.5 Å². The minimum absolute atomic E-state index is 0.313. The van der Waals surface area contributed by atoms with Crippen LogP contribution in [0.2, 0.25) is 0 Å². The van der Waals surface area contributed by atoms with E-state index in [0.29, 0.717) is 0 Å². The summed E-state index contributed by atoms with van der Waals surface area (Å²) < 4.78 is 6.21. The lowest BCUT2D eigenvalue weighted by atomic mass is 9.68. The molecular formula is C9H8BrNO. The van der Waals surface area contributed by atoms with Crippen LogP contribution in [0.15, 0.2) is 21.2 Å². The van der Waals surface area contributed by atoms with Crippen molar-refractivity contribution >= 4 is 15.9 Å². The number of halogens is 1. The SMILES string of the molecule is N#CC1(c2cc(Br)co2)CCC1. The summed E-state index contributed by atoms with van der Waals surface area (Å²) in [6.07, 6.45) is 4.63. The lowest BCUT2D eigenvalue weighted by molar-refractivity contribution is 0.268. The molecule has 0 amide bonds. The summed E-state index contributed by atoms with van der Waals surface area (Å²) in [5.41, 5.74) is -0.313. The summed E-state index contributed by atoms with van der Waals surface area (Å²) in [6, 6.07) is 4.22. The van der Waals surface area contributed by atoms with Gasteiger partial charge in [0.2, 0.25) is 0 Å². The molecule has 0 aliphatic heterocycles. The highest BCUT2D eigenvalue weighted by atomic mass is 79.9. The average molecular weight is 226 g/mol.